The highest BCUT2D eigenvalue weighted by molar-refractivity contribution is 6.05. The first-order valence-electron chi connectivity index (χ1n) is 21.8. The van der Waals surface area contributed by atoms with Gasteiger partial charge in [-0.3, -0.25) is 39.1 Å². The van der Waals surface area contributed by atoms with E-state index in [-0.39, 0.29) is 48.9 Å². The Bertz CT molecular complexity index is 2440. The first-order valence-corrected chi connectivity index (χ1v) is 21.8. The minimum absolute atomic E-state index is 0.0174. The van der Waals surface area contributed by atoms with Crippen molar-refractivity contribution in [1.82, 2.24) is 30.3 Å². The van der Waals surface area contributed by atoms with Gasteiger partial charge in [0, 0.05) is 107 Å². The number of ether oxygens (including phenoxy) is 1. The third-order valence-electron chi connectivity index (χ3n) is 13.0. The third kappa shape index (κ3) is 9.09. The zero-order chi connectivity index (χ0) is 43.7. The maximum Gasteiger partial charge on any atom is 0.258 e. The summed E-state index contributed by atoms with van der Waals surface area (Å²) in [4.78, 5) is 75.3. The normalized spacial score (nSPS) is 18.8. The largest absolute Gasteiger partial charge is 0.381 e. The smallest absolute Gasteiger partial charge is 0.258 e. The summed E-state index contributed by atoms with van der Waals surface area (Å²) in [7, 11) is 0. The minimum atomic E-state index is -0.783. The van der Waals surface area contributed by atoms with Crippen LogP contribution in [0.25, 0.3) is 11.1 Å². The summed E-state index contributed by atoms with van der Waals surface area (Å²) in [5.41, 5.74) is 8.98. The number of aryl methyl sites for hydroxylation is 2. The van der Waals surface area contributed by atoms with Crippen LogP contribution < -0.4 is 21.1 Å². The molecule has 0 aliphatic carbocycles. The summed E-state index contributed by atoms with van der Waals surface area (Å²) in [6.07, 6.45) is 2.21. The van der Waals surface area contributed by atoms with Crippen molar-refractivity contribution in [3.05, 3.63) is 121 Å². The highest BCUT2D eigenvalue weighted by atomic mass is 19.1. The van der Waals surface area contributed by atoms with E-state index >= 15 is 4.39 Å². The van der Waals surface area contributed by atoms with Crippen LogP contribution in [0.4, 0.5) is 10.1 Å². The van der Waals surface area contributed by atoms with Gasteiger partial charge in [0.15, 0.2) is 0 Å². The second-order valence-corrected chi connectivity index (χ2v) is 17.2. The predicted octanol–water partition coefficient (Wildman–Crippen LogP) is 5.12. The van der Waals surface area contributed by atoms with Gasteiger partial charge in [-0.25, -0.2) is 4.39 Å². The van der Waals surface area contributed by atoms with Gasteiger partial charge in [0.25, 0.3) is 17.4 Å². The molecule has 326 valence electrons. The molecule has 3 aromatic carbocycles. The van der Waals surface area contributed by atoms with Gasteiger partial charge < -0.3 is 24.8 Å². The maximum atomic E-state index is 15.4. The van der Waals surface area contributed by atoms with Gasteiger partial charge >= 0.3 is 0 Å². The lowest BCUT2D eigenvalue weighted by Gasteiger charge is -2.37. The Hall–Kier alpha value is -5.70. The van der Waals surface area contributed by atoms with Gasteiger partial charge in [-0.2, -0.15) is 0 Å². The highest BCUT2D eigenvalue weighted by Gasteiger charge is 2.40. The van der Waals surface area contributed by atoms with E-state index in [9.17, 15) is 24.0 Å². The maximum absolute atomic E-state index is 15.4. The van der Waals surface area contributed by atoms with Crippen molar-refractivity contribution >= 4 is 29.3 Å². The van der Waals surface area contributed by atoms with Gasteiger partial charge in [-0.1, -0.05) is 30.3 Å². The van der Waals surface area contributed by atoms with E-state index in [0.29, 0.717) is 42.5 Å². The van der Waals surface area contributed by atoms with Gasteiger partial charge in [0.1, 0.15) is 11.9 Å². The van der Waals surface area contributed by atoms with Crippen LogP contribution in [0.5, 0.6) is 0 Å². The molecule has 14 heteroatoms. The summed E-state index contributed by atoms with van der Waals surface area (Å²) < 4.78 is 21.1. The first-order chi connectivity index (χ1) is 29.9. The van der Waals surface area contributed by atoms with Crippen molar-refractivity contribution in [2.75, 3.05) is 50.8 Å². The molecule has 3 N–H and O–H groups in total. The lowest BCUT2D eigenvalue weighted by atomic mass is 9.94. The molecule has 1 atom stereocenters. The van der Waals surface area contributed by atoms with Crippen LogP contribution in [0.15, 0.2) is 59.4 Å². The number of anilines is 1. The number of H-pyrrole nitrogens is 1. The number of rotatable bonds is 12. The predicted molar refractivity (Wildman–Crippen MR) is 234 cm³/mol. The van der Waals surface area contributed by atoms with Crippen molar-refractivity contribution < 1.29 is 28.3 Å². The van der Waals surface area contributed by atoms with E-state index in [0.717, 1.165) is 91.3 Å². The third-order valence-corrected chi connectivity index (χ3v) is 13.0. The first kappa shape index (κ1) is 43.0. The lowest BCUT2D eigenvalue weighted by Crippen LogP contribution is -2.52. The lowest BCUT2D eigenvalue weighted by molar-refractivity contribution is -0.136. The standard InChI is InChI=1S/C48H56FN7O6/c1-5-55(37-12-18-62-19-13-37)42-24-35(23-38(31(42)4)45(58)50-25-39-29(2)20-30(3)51-46(39)59)34-8-6-32(7-9-34)26-53-14-16-54(17-15-53)27-33-21-36-28-56(48(61)44(36)40(49)22-33)41-10-11-43(57)52-47(41)60/h6-9,20-24,37,41H,5,10-19,25-28H2,1-4H3,(H,50,58)(H,51,59)(H,52,57,60). The number of hydrogen-bond donors (Lipinski definition) is 3. The molecule has 8 rings (SSSR count). The number of fused-ring (bicyclic) bond motifs is 1. The molecule has 3 saturated heterocycles. The number of amides is 4. The van der Waals surface area contributed by atoms with Crippen LogP contribution in [-0.4, -0.2) is 101 Å². The molecule has 0 spiro atoms. The average molecular weight is 846 g/mol. The summed E-state index contributed by atoms with van der Waals surface area (Å²) in [6.45, 7) is 15.0. The van der Waals surface area contributed by atoms with E-state index in [1.54, 1.807) is 0 Å². The molecular formula is C48H56FN7O6. The molecule has 0 radical (unpaired) electrons. The molecule has 1 unspecified atom stereocenters. The van der Waals surface area contributed by atoms with Crippen molar-refractivity contribution in [2.45, 2.75) is 91.6 Å². The zero-order valence-corrected chi connectivity index (χ0v) is 36.1. The van der Waals surface area contributed by atoms with Crippen molar-refractivity contribution in [1.29, 1.82) is 0 Å². The number of imide groups is 1. The minimum Gasteiger partial charge on any atom is -0.381 e. The molecule has 3 fully saturated rings. The number of aromatic amines is 1. The van der Waals surface area contributed by atoms with Gasteiger partial charge in [-0.05, 0) is 110 Å². The van der Waals surface area contributed by atoms with E-state index in [2.05, 4.69) is 67.6 Å². The fourth-order valence-corrected chi connectivity index (χ4v) is 9.62. The number of nitrogens with one attached hydrogen (secondary N) is 3. The quantitative estimate of drug-likeness (QED) is 0.166. The van der Waals surface area contributed by atoms with E-state index in [4.69, 9.17) is 4.74 Å². The molecule has 13 nitrogen and oxygen atoms in total. The molecule has 4 amide bonds. The molecule has 0 bridgehead atoms. The van der Waals surface area contributed by atoms with Crippen LogP contribution in [0.2, 0.25) is 0 Å². The summed E-state index contributed by atoms with van der Waals surface area (Å²) in [5, 5.41) is 5.34. The number of nitrogens with zero attached hydrogens (tertiary/aromatic N) is 4. The molecule has 4 aromatic rings. The van der Waals surface area contributed by atoms with E-state index < -0.39 is 23.7 Å². The molecule has 5 heterocycles. The Morgan fingerprint density at radius 1 is 0.871 bits per heavy atom. The molecule has 62 heavy (non-hydrogen) atoms. The Morgan fingerprint density at radius 3 is 2.23 bits per heavy atom. The Kier molecular flexibility index (Phi) is 12.7. The van der Waals surface area contributed by atoms with Crippen LogP contribution >= 0.6 is 0 Å². The number of pyridine rings is 1. The molecule has 4 aliphatic rings. The molecular weight excluding hydrogens is 790 g/mol. The monoisotopic (exact) mass is 845 g/mol. The van der Waals surface area contributed by atoms with Crippen molar-refractivity contribution in [3.63, 3.8) is 0 Å². The fourth-order valence-electron chi connectivity index (χ4n) is 9.62. The fraction of sp³-hybridized carbons (Fsp3) is 0.438. The van der Waals surface area contributed by atoms with Crippen LogP contribution in [0, 0.1) is 26.6 Å². The van der Waals surface area contributed by atoms with Gasteiger partial charge in [0.05, 0.1) is 5.56 Å². The van der Waals surface area contributed by atoms with Crippen LogP contribution in [-0.2, 0) is 40.5 Å². The second kappa shape index (κ2) is 18.3. The van der Waals surface area contributed by atoms with Gasteiger partial charge in [-0.15, -0.1) is 0 Å². The summed E-state index contributed by atoms with van der Waals surface area (Å²) >= 11 is 0. The van der Waals surface area contributed by atoms with Gasteiger partial charge in [0.2, 0.25) is 11.8 Å². The number of carbonyl (C=O) groups excluding carboxylic acids is 4. The summed E-state index contributed by atoms with van der Waals surface area (Å²) in [5.74, 6) is -2.18. The average Bonchev–Trinajstić information content (AvgIpc) is 3.58. The number of benzene rings is 3. The second-order valence-electron chi connectivity index (χ2n) is 17.2. The van der Waals surface area contributed by atoms with Crippen LogP contribution in [0.3, 0.4) is 0 Å². The van der Waals surface area contributed by atoms with E-state index in [1.807, 2.05) is 39.0 Å². The highest BCUT2D eigenvalue weighted by Crippen LogP contribution is 2.35. The number of piperidine rings is 1. The number of halogens is 1. The summed E-state index contributed by atoms with van der Waals surface area (Å²) in [6, 6.07) is 17.4. The topological polar surface area (TPSA) is 147 Å². The van der Waals surface area contributed by atoms with Crippen molar-refractivity contribution in [3.8, 4) is 11.1 Å². The SMILES string of the molecule is CCN(c1cc(-c2ccc(CN3CCN(Cc4cc(F)c5c(c4)CN(C4CCC(=O)NC4=O)C5=O)CC3)cc2)cc(C(=O)NCc2c(C)cc(C)[nH]c2=O)c1C)C1CCOCC1. The number of piperazine rings is 1. The number of hydrogen-bond acceptors (Lipinski definition) is 9. The molecule has 1 aromatic heterocycles. The number of carbonyl (C=O) groups is 4. The Morgan fingerprint density at radius 2 is 1.56 bits per heavy atom. The Balaban J connectivity index is 0.926. The number of aromatic nitrogens is 1. The van der Waals surface area contributed by atoms with Crippen LogP contribution in [0.1, 0.15) is 92.4 Å². The van der Waals surface area contributed by atoms with Crippen molar-refractivity contribution in [2.24, 2.45) is 0 Å². The van der Waals surface area contributed by atoms with E-state index in [1.165, 1.54) is 16.5 Å². The molecule has 0 saturated carbocycles. The Labute approximate surface area is 361 Å². The zero-order valence-electron chi connectivity index (χ0n) is 36.1. The molecule has 4 aliphatic heterocycles.